The van der Waals surface area contributed by atoms with E-state index in [1.165, 1.54) is 0 Å². The predicted octanol–water partition coefficient (Wildman–Crippen LogP) is -0.752. The second kappa shape index (κ2) is 7.49. The third-order valence-corrected chi connectivity index (χ3v) is 3.07. The molecule has 1 unspecified atom stereocenters. The van der Waals surface area contributed by atoms with Gasteiger partial charge in [0, 0.05) is 11.1 Å². The molecule has 0 fully saturated rings. The van der Waals surface area contributed by atoms with Gasteiger partial charge >= 0.3 is 42.1 Å². The first-order valence-corrected chi connectivity index (χ1v) is 6.40. The van der Waals surface area contributed by atoms with Gasteiger partial charge in [-0.3, -0.25) is 4.79 Å². The van der Waals surface area contributed by atoms with E-state index in [4.69, 9.17) is 0 Å². The number of aliphatic carboxylic acids is 1. The number of alkyl halides is 6. The Morgan fingerprint density at radius 3 is 2.15 bits per heavy atom. The molecule has 26 heavy (non-hydrogen) atoms. The van der Waals surface area contributed by atoms with Gasteiger partial charge in [0.2, 0.25) is 6.10 Å². The molecule has 5 nitrogen and oxygen atoms in total. The Kier molecular flexibility index (Phi) is 6.43. The smallest absolute Gasteiger partial charge is 0.545 e. The van der Waals surface area contributed by atoms with Gasteiger partial charge in [0.15, 0.2) is 5.78 Å². The van der Waals surface area contributed by atoms with Crippen LogP contribution >= 0.6 is 0 Å². The van der Waals surface area contributed by atoms with E-state index < -0.39 is 58.6 Å². The van der Waals surface area contributed by atoms with Crippen LogP contribution < -0.4 is 44.1 Å². The second-order valence-electron chi connectivity index (χ2n) is 4.92. The normalized spacial score (nSPS) is 16.6. The molecule has 1 aliphatic rings. The Morgan fingerprint density at radius 1 is 1.15 bits per heavy atom. The summed E-state index contributed by atoms with van der Waals surface area (Å²) >= 11 is 0. The number of hydrogen-bond acceptors (Lipinski definition) is 5. The molecule has 0 spiro atoms. The molecule has 1 heterocycles. The molecule has 1 aromatic rings. The van der Waals surface area contributed by atoms with Gasteiger partial charge < -0.3 is 19.4 Å². The van der Waals surface area contributed by atoms with Crippen molar-refractivity contribution < 1.29 is 80.1 Å². The monoisotopic (exact) mass is 392 g/mol. The average Bonchev–Trinajstić information content (AvgIpc) is 2.41. The van der Waals surface area contributed by atoms with Crippen LogP contribution in [0.5, 0.6) is 11.5 Å². The molecule has 0 saturated carbocycles. The van der Waals surface area contributed by atoms with Crippen molar-refractivity contribution in [2.75, 3.05) is 0 Å². The number of carbonyl (C=O) groups excluding carboxylic acids is 2. The molecule has 0 radical (unpaired) electrons. The summed E-state index contributed by atoms with van der Waals surface area (Å²) in [4.78, 5) is 22.5. The standard InChI is InChI=1S/C14H8F6O5.Na/c1-5(21)8-4-7(25-14(18,19)20)2-6-3-9(12(22)23)11(13(15,16)17)24-10(6)8;/h2-4,11H,1H3,(H,22,23);/q;+1/p-1. The van der Waals surface area contributed by atoms with Crippen LogP contribution in [0.2, 0.25) is 0 Å². The SMILES string of the molecule is CC(=O)c1cc(OC(F)(F)F)cc2c1OC(C(F)(F)F)C(C(=O)[O-])=C2.[Na+]. The summed E-state index contributed by atoms with van der Waals surface area (Å²) in [5, 5.41) is 10.9. The van der Waals surface area contributed by atoms with Crippen LogP contribution in [0.25, 0.3) is 6.08 Å². The van der Waals surface area contributed by atoms with Crippen molar-refractivity contribution in [3.8, 4) is 11.5 Å². The quantitative estimate of drug-likeness (QED) is 0.385. The number of rotatable bonds is 3. The summed E-state index contributed by atoms with van der Waals surface area (Å²) in [6, 6.07) is 1.16. The summed E-state index contributed by atoms with van der Waals surface area (Å²) in [5.74, 6) is -4.75. The minimum atomic E-state index is -5.15. The van der Waals surface area contributed by atoms with Crippen LogP contribution in [0.15, 0.2) is 17.7 Å². The van der Waals surface area contributed by atoms with E-state index >= 15 is 0 Å². The molecule has 1 atom stereocenters. The number of fused-ring (bicyclic) bond motifs is 1. The zero-order chi connectivity index (χ0) is 19.2. The maximum absolute atomic E-state index is 13.0. The predicted molar refractivity (Wildman–Crippen MR) is 66.6 cm³/mol. The third-order valence-electron chi connectivity index (χ3n) is 3.07. The number of carboxylic acids is 1. The van der Waals surface area contributed by atoms with Crippen molar-refractivity contribution in [3.63, 3.8) is 0 Å². The molecular weight excluding hydrogens is 385 g/mol. The van der Waals surface area contributed by atoms with Gasteiger partial charge in [0.1, 0.15) is 11.5 Å². The first-order valence-electron chi connectivity index (χ1n) is 6.40. The fourth-order valence-electron chi connectivity index (χ4n) is 2.15. The topological polar surface area (TPSA) is 75.7 Å². The number of carboxylic acid groups (broad SMARTS) is 1. The Balaban J connectivity index is 0.00000338. The number of hydrogen-bond donors (Lipinski definition) is 0. The van der Waals surface area contributed by atoms with Gasteiger partial charge in [-0.15, -0.1) is 13.2 Å². The van der Waals surface area contributed by atoms with Gasteiger partial charge in [-0.2, -0.15) is 13.2 Å². The first-order chi connectivity index (χ1) is 11.3. The molecule has 12 heteroatoms. The number of ketones is 1. The van der Waals surface area contributed by atoms with Crippen molar-refractivity contribution in [2.45, 2.75) is 25.6 Å². The third kappa shape index (κ3) is 4.92. The van der Waals surface area contributed by atoms with Crippen molar-refractivity contribution in [2.24, 2.45) is 0 Å². The fraction of sp³-hybridized carbons (Fsp3) is 0.286. The minimum Gasteiger partial charge on any atom is -0.545 e. The molecule has 0 amide bonds. The Bertz CT molecular complexity index is 768. The zero-order valence-corrected chi connectivity index (χ0v) is 15.1. The molecule has 2 rings (SSSR count). The number of halogens is 6. The Labute approximate surface area is 163 Å². The second-order valence-corrected chi connectivity index (χ2v) is 4.92. The van der Waals surface area contributed by atoms with Gasteiger partial charge in [-0.05, 0) is 25.1 Å². The number of Topliss-reactive ketones (excluding diaryl/α,β-unsaturated/α-hetero) is 1. The molecule has 0 bridgehead atoms. The van der Waals surface area contributed by atoms with E-state index in [9.17, 15) is 41.0 Å². The van der Waals surface area contributed by atoms with E-state index in [-0.39, 0.29) is 29.6 Å². The molecule has 1 aliphatic heterocycles. The molecule has 0 saturated heterocycles. The summed E-state index contributed by atoms with van der Waals surface area (Å²) < 4.78 is 84.1. The van der Waals surface area contributed by atoms with Crippen molar-refractivity contribution in [3.05, 3.63) is 28.8 Å². The molecule has 0 aliphatic carbocycles. The summed E-state index contributed by atoms with van der Waals surface area (Å²) in [5.41, 5.74) is -2.47. The summed E-state index contributed by atoms with van der Waals surface area (Å²) in [6.07, 6.45) is -12.8. The number of ether oxygens (including phenoxy) is 2. The largest absolute Gasteiger partial charge is 1.00 e. The zero-order valence-electron chi connectivity index (χ0n) is 13.1. The fourth-order valence-corrected chi connectivity index (χ4v) is 2.15. The summed E-state index contributed by atoms with van der Waals surface area (Å²) in [7, 11) is 0. The van der Waals surface area contributed by atoms with E-state index in [0.29, 0.717) is 18.2 Å². The van der Waals surface area contributed by atoms with Crippen molar-refractivity contribution in [1.82, 2.24) is 0 Å². The van der Waals surface area contributed by atoms with Gasteiger partial charge in [0.05, 0.1) is 11.5 Å². The van der Waals surface area contributed by atoms with Gasteiger partial charge in [-0.1, -0.05) is 0 Å². The van der Waals surface area contributed by atoms with Gasteiger partial charge in [0.25, 0.3) is 0 Å². The maximum Gasteiger partial charge on any atom is 1.00 e. The first kappa shape index (κ1) is 22.3. The number of benzene rings is 1. The average molecular weight is 392 g/mol. The Morgan fingerprint density at radius 2 is 1.73 bits per heavy atom. The van der Waals surface area contributed by atoms with E-state index in [1.807, 2.05) is 0 Å². The minimum absolute atomic E-state index is 0. The van der Waals surface area contributed by atoms with E-state index in [1.54, 1.807) is 0 Å². The van der Waals surface area contributed by atoms with Crippen LogP contribution in [-0.4, -0.2) is 30.4 Å². The molecule has 136 valence electrons. The Hall–Kier alpha value is -1.72. The van der Waals surface area contributed by atoms with Gasteiger partial charge in [-0.25, -0.2) is 0 Å². The van der Waals surface area contributed by atoms with Crippen LogP contribution in [0.1, 0.15) is 22.8 Å². The molecular formula is C14H7F6NaO5. The summed E-state index contributed by atoms with van der Waals surface area (Å²) in [6.45, 7) is 0.886. The maximum atomic E-state index is 13.0. The molecule has 0 N–H and O–H groups in total. The van der Waals surface area contributed by atoms with E-state index in [0.717, 1.165) is 6.92 Å². The van der Waals surface area contributed by atoms with Crippen LogP contribution in [0.3, 0.4) is 0 Å². The van der Waals surface area contributed by atoms with Crippen LogP contribution in [0, 0.1) is 0 Å². The molecule has 0 aromatic heterocycles. The van der Waals surface area contributed by atoms with Crippen molar-refractivity contribution >= 4 is 17.8 Å². The molecule has 1 aromatic carbocycles. The van der Waals surface area contributed by atoms with E-state index in [2.05, 4.69) is 9.47 Å². The van der Waals surface area contributed by atoms with Crippen LogP contribution in [-0.2, 0) is 4.79 Å². The number of carbonyl (C=O) groups is 2. The van der Waals surface area contributed by atoms with Crippen LogP contribution in [0.4, 0.5) is 26.3 Å². The van der Waals surface area contributed by atoms with Crippen molar-refractivity contribution in [1.29, 1.82) is 0 Å².